The maximum Gasteiger partial charge on any atom is 0.244 e. The maximum atomic E-state index is 11.9. The molecular weight excluding hydrogens is 322 g/mol. The number of carbonyl (C=O) groups is 1. The second kappa shape index (κ2) is 5.92. The number of hydrogen-bond acceptors (Lipinski definition) is 3. The molecule has 1 amide bonds. The molecule has 20 heavy (non-hydrogen) atoms. The van der Waals surface area contributed by atoms with Crippen LogP contribution in [0.2, 0.25) is 0 Å². The van der Waals surface area contributed by atoms with Gasteiger partial charge in [0, 0.05) is 18.1 Å². The summed E-state index contributed by atoms with van der Waals surface area (Å²) in [6.45, 7) is 2.03. The molecule has 2 aromatic rings. The highest BCUT2D eigenvalue weighted by atomic mass is 79.9. The molecule has 1 aromatic heterocycles. The van der Waals surface area contributed by atoms with Gasteiger partial charge in [-0.05, 0) is 40.5 Å². The van der Waals surface area contributed by atoms with Crippen molar-refractivity contribution in [1.82, 2.24) is 4.57 Å². The lowest BCUT2D eigenvalue weighted by Gasteiger charge is -2.09. The lowest BCUT2D eigenvalue weighted by atomic mass is 10.2. The number of nitrogen functional groups attached to an aromatic ring is 1. The summed E-state index contributed by atoms with van der Waals surface area (Å²) in [6.07, 6.45) is 2.98. The zero-order valence-corrected chi connectivity index (χ0v) is 12.5. The van der Waals surface area contributed by atoms with Gasteiger partial charge in [-0.25, -0.2) is 0 Å². The Morgan fingerprint density at radius 1 is 1.40 bits per heavy atom. The Bertz CT molecular complexity index is 684. The van der Waals surface area contributed by atoms with Gasteiger partial charge in [0.1, 0.15) is 6.54 Å². The van der Waals surface area contributed by atoms with Gasteiger partial charge in [0.25, 0.3) is 0 Å². The summed E-state index contributed by atoms with van der Waals surface area (Å²) < 4.78 is 1.90. The quantitative estimate of drug-likeness (QED) is 0.902. The highest BCUT2D eigenvalue weighted by Crippen LogP contribution is 2.10. The number of pyridine rings is 1. The zero-order chi connectivity index (χ0) is 14.7. The Morgan fingerprint density at radius 3 is 2.80 bits per heavy atom. The summed E-state index contributed by atoms with van der Waals surface area (Å²) in [5.74, 6) is -0.189. The third kappa shape index (κ3) is 3.48. The van der Waals surface area contributed by atoms with Crippen LogP contribution < -0.4 is 16.5 Å². The van der Waals surface area contributed by atoms with Crippen LogP contribution in [0.25, 0.3) is 0 Å². The smallest absolute Gasteiger partial charge is 0.244 e. The number of nitrogens with zero attached hydrogens (tertiary/aromatic N) is 1. The van der Waals surface area contributed by atoms with Crippen molar-refractivity contribution in [3.63, 3.8) is 0 Å². The predicted molar refractivity (Wildman–Crippen MR) is 82.6 cm³/mol. The SMILES string of the molecule is Cc1cccc(NC(=O)Cn2cc(N)c(=O)c(Br)c2)c1. The van der Waals surface area contributed by atoms with E-state index in [9.17, 15) is 9.59 Å². The van der Waals surface area contributed by atoms with E-state index in [0.717, 1.165) is 11.3 Å². The zero-order valence-electron chi connectivity index (χ0n) is 10.9. The molecule has 0 radical (unpaired) electrons. The van der Waals surface area contributed by atoms with Gasteiger partial charge in [-0.2, -0.15) is 0 Å². The normalized spacial score (nSPS) is 10.3. The fourth-order valence-electron chi connectivity index (χ4n) is 1.80. The average Bonchev–Trinajstić information content (AvgIpc) is 2.35. The van der Waals surface area contributed by atoms with Crippen molar-refractivity contribution in [1.29, 1.82) is 0 Å². The number of amides is 1. The van der Waals surface area contributed by atoms with E-state index in [1.807, 2.05) is 31.2 Å². The summed E-state index contributed by atoms with van der Waals surface area (Å²) in [4.78, 5) is 23.4. The van der Waals surface area contributed by atoms with Crippen molar-refractivity contribution >= 4 is 33.2 Å². The molecule has 0 bridgehead atoms. The van der Waals surface area contributed by atoms with Gasteiger partial charge in [-0.1, -0.05) is 12.1 Å². The van der Waals surface area contributed by atoms with Gasteiger partial charge in [0.15, 0.2) is 0 Å². The molecule has 6 heteroatoms. The molecule has 1 aromatic carbocycles. The Kier molecular flexibility index (Phi) is 4.24. The van der Waals surface area contributed by atoms with E-state index in [-0.39, 0.29) is 23.6 Å². The Hall–Kier alpha value is -2.08. The number of nitrogens with one attached hydrogen (secondary N) is 1. The number of anilines is 2. The molecule has 1 heterocycles. The third-order valence-corrected chi connectivity index (χ3v) is 3.26. The van der Waals surface area contributed by atoms with Crippen LogP contribution in [0, 0.1) is 6.92 Å². The van der Waals surface area contributed by atoms with E-state index in [4.69, 9.17) is 5.73 Å². The van der Waals surface area contributed by atoms with Crippen molar-refractivity contribution < 1.29 is 4.79 Å². The van der Waals surface area contributed by atoms with E-state index in [0.29, 0.717) is 4.47 Å². The third-order valence-electron chi connectivity index (χ3n) is 2.69. The molecule has 0 spiro atoms. The van der Waals surface area contributed by atoms with Gasteiger partial charge < -0.3 is 15.6 Å². The largest absolute Gasteiger partial charge is 0.394 e. The Labute approximate surface area is 124 Å². The Balaban J connectivity index is 2.10. The van der Waals surface area contributed by atoms with Crippen molar-refractivity contribution in [3.8, 4) is 0 Å². The van der Waals surface area contributed by atoms with E-state index in [1.54, 1.807) is 4.57 Å². The van der Waals surface area contributed by atoms with E-state index < -0.39 is 0 Å². The number of nitrogens with two attached hydrogens (primary N) is 1. The first-order valence-corrected chi connectivity index (χ1v) is 6.76. The fraction of sp³-hybridized carbons (Fsp3) is 0.143. The predicted octanol–water partition coefficient (Wildman–Crippen LogP) is 2.14. The first kappa shape index (κ1) is 14.3. The molecular formula is C14H14BrN3O2. The van der Waals surface area contributed by atoms with Gasteiger partial charge >= 0.3 is 0 Å². The molecule has 0 unspecified atom stereocenters. The molecule has 2 rings (SSSR count). The Morgan fingerprint density at radius 2 is 2.15 bits per heavy atom. The van der Waals surface area contributed by atoms with Gasteiger partial charge in [-0.15, -0.1) is 0 Å². The minimum atomic E-state index is -0.277. The number of aromatic nitrogens is 1. The van der Waals surface area contributed by atoms with Crippen LogP contribution in [0.5, 0.6) is 0 Å². The number of carbonyl (C=O) groups excluding carboxylic acids is 1. The summed E-state index contributed by atoms with van der Waals surface area (Å²) in [5.41, 5.74) is 7.20. The number of rotatable bonds is 3. The second-order valence-corrected chi connectivity index (χ2v) is 5.33. The summed E-state index contributed by atoms with van der Waals surface area (Å²) >= 11 is 3.12. The van der Waals surface area contributed by atoms with Crippen LogP contribution in [0.4, 0.5) is 11.4 Å². The number of benzene rings is 1. The molecule has 0 aliphatic carbocycles. The minimum absolute atomic E-state index is 0.0804. The summed E-state index contributed by atoms with van der Waals surface area (Å²) in [6, 6.07) is 7.53. The molecule has 0 saturated carbocycles. The van der Waals surface area contributed by atoms with Crippen molar-refractivity contribution in [3.05, 3.63) is 56.9 Å². The highest BCUT2D eigenvalue weighted by Gasteiger charge is 2.06. The fourth-order valence-corrected chi connectivity index (χ4v) is 2.29. The van der Waals surface area contributed by atoms with Crippen LogP contribution in [0.3, 0.4) is 0 Å². The number of halogens is 1. The van der Waals surface area contributed by atoms with E-state index in [1.165, 1.54) is 12.4 Å². The van der Waals surface area contributed by atoms with Crippen LogP contribution >= 0.6 is 15.9 Å². The monoisotopic (exact) mass is 335 g/mol. The molecule has 0 saturated heterocycles. The molecule has 0 aliphatic heterocycles. The van der Waals surface area contributed by atoms with Gasteiger partial charge in [-0.3, -0.25) is 9.59 Å². The van der Waals surface area contributed by atoms with Gasteiger partial charge in [0.2, 0.25) is 11.3 Å². The topological polar surface area (TPSA) is 77.1 Å². The molecule has 0 fully saturated rings. The average molecular weight is 336 g/mol. The first-order valence-electron chi connectivity index (χ1n) is 5.97. The van der Waals surface area contributed by atoms with Crippen molar-refractivity contribution in [2.45, 2.75) is 13.5 Å². The minimum Gasteiger partial charge on any atom is -0.394 e. The second-order valence-electron chi connectivity index (χ2n) is 4.48. The van der Waals surface area contributed by atoms with Crippen LogP contribution in [-0.2, 0) is 11.3 Å². The maximum absolute atomic E-state index is 11.9. The first-order chi connectivity index (χ1) is 9.45. The molecule has 5 nitrogen and oxygen atoms in total. The van der Waals surface area contributed by atoms with Crippen LogP contribution in [0.15, 0.2) is 45.9 Å². The van der Waals surface area contributed by atoms with Crippen molar-refractivity contribution in [2.24, 2.45) is 0 Å². The highest BCUT2D eigenvalue weighted by molar-refractivity contribution is 9.10. The number of hydrogen-bond donors (Lipinski definition) is 2. The molecule has 104 valence electrons. The van der Waals surface area contributed by atoms with E-state index >= 15 is 0 Å². The molecule has 3 N–H and O–H groups in total. The lowest BCUT2D eigenvalue weighted by Crippen LogP contribution is -2.21. The van der Waals surface area contributed by atoms with Crippen molar-refractivity contribution in [2.75, 3.05) is 11.1 Å². The molecule has 0 atom stereocenters. The summed E-state index contributed by atoms with van der Waals surface area (Å²) in [5, 5.41) is 2.79. The lowest BCUT2D eigenvalue weighted by molar-refractivity contribution is -0.116. The van der Waals surface area contributed by atoms with Crippen LogP contribution in [0.1, 0.15) is 5.56 Å². The summed E-state index contributed by atoms with van der Waals surface area (Å²) in [7, 11) is 0. The van der Waals surface area contributed by atoms with E-state index in [2.05, 4.69) is 21.2 Å². The van der Waals surface area contributed by atoms with Gasteiger partial charge in [0.05, 0.1) is 10.2 Å². The number of aryl methyl sites for hydroxylation is 1. The standard InChI is InChI=1S/C14H14BrN3O2/c1-9-3-2-4-10(5-9)17-13(19)8-18-6-11(15)14(20)12(16)7-18/h2-7H,8,16H2,1H3,(H,17,19). The molecule has 0 aliphatic rings. The van der Waals surface area contributed by atoms with Crippen LogP contribution in [-0.4, -0.2) is 10.5 Å².